The van der Waals surface area contributed by atoms with E-state index in [0.29, 0.717) is 25.3 Å². The first-order valence-electron chi connectivity index (χ1n) is 8.96. The summed E-state index contributed by atoms with van der Waals surface area (Å²) in [5.41, 5.74) is 2.51. The lowest BCUT2D eigenvalue weighted by atomic mass is 10.0. The van der Waals surface area contributed by atoms with Gasteiger partial charge in [-0.15, -0.1) is 0 Å². The molecule has 5 heteroatoms. The minimum absolute atomic E-state index is 0.0305. The molecule has 2 amide bonds. The van der Waals surface area contributed by atoms with Crippen molar-refractivity contribution in [1.82, 2.24) is 10.2 Å². The molecule has 1 N–H and O–H groups in total. The molecule has 136 valence electrons. The topological polar surface area (TPSA) is 58.6 Å². The molecule has 2 aromatic rings. The van der Waals surface area contributed by atoms with Crippen molar-refractivity contribution < 1.29 is 14.3 Å². The minimum Gasteiger partial charge on any atom is -0.494 e. The molecule has 1 atom stereocenters. The third kappa shape index (κ3) is 3.87. The molecule has 0 bridgehead atoms. The quantitative estimate of drug-likeness (QED) is 0.920. The van der Waals surface area contributed by atoms with Gasteiger partial charge in [0.15, 0.2) is 0 Å². The van der Waals surface area contributed by atoms with Gasteiger partial charge in [0, 0.05) is 18.7 Å². The van der Waals surface area contributed by atoms with Gasteiger partial charge in [0.25, 0.3) is 5.91 Å². The summed E-state index contributed by atoms with van der Waals surface area (Å²) in [5, 5.41) is 2.86. The van der Waals surface area contributed by atoms with Crippen LogP contribution in [0, 0.1) is 6.92 Å². The van der Waals surface area contributed by atoms with Gasteiger partial charge >= 0.3 is 0 Å². The molecule has 0 aliphatic carbocycles. The summed E-state index contributed by atoms with van der Waals surface area (Å²) in [6.45, 7) is 5.40. The zero-order chi connectivity index (χ0) is 18.5. The Morgan fingerprint density at radius 1 is 1.23 bits per heavy atom. The number of hydrogen-bond acceptors (Lipinski definition) is 3. The lowest BCUT2D eigenvalue weighted by Gasteiger charge is -2.30. The molecule has 0 spiro atoms. The van der Waals surface area contributed by atoms with Crippen molar-refractivity contribution in [3.63, 3.8) is 0 Å². The van der Waals surface area contributed by atoms with Crippen LogP contribution in [0.3, 0.4) is 0 Å². The first-order chi connectivity index (χ1) is 12.6. The van der Waals surface area contributed by atoms with E-state index in [9.17, 15) is 9.59 Å². The number of ether oxygens (including phenoxy) is 1. The van der Waals surface area contributed by atoms with E-state index < -0.39 is 0 Å². The molecule has 0 aromatic heterocycles. The Bertz CT molecular complexity index is 789. The fraction of sp³-hybridized carbons (Fsp3) is 0.333. The lowest BCUT2D eigenvalue weighted by Crippen LogP contribution is -2.36. The third-order valence-corrected chi connectivity index (χ3v) is 4.60. The van der Waals surface area contributed by atoms with Gasteiger partial charge in [-0.05, 0) is 43.2 Å². The van der Waals surface area contributed by atoms with Crippen LogP contribution in [0.4, 0.5) is 0 Å². The van der Waals surface area contributed by atoms with Gasteiger partial charge in [-0.1, -0.05) is 30.3 Å². The molecule has 1 unspecified atom stereocenters. The van der Waals surface area contributed by atoms with Gasteiger partial charge in [-0.25, -0.2) is 0 Å². The fourth-order valence-corrected chi connectivity index (χ4v) is 3.31. The van der Waals surface area contributed by atoms with Crippen LogP contribution in [-0.2, 0) is 4.79 Å². The van der Waals surface area contributed by atoms with E-state index >= 15 is 0 Å². The molecule has 0 saturated carbocycles. The molecular weight excluding hydrogens is 328 g/mol. The molecular formula is C21H24N2O3. The molecule has 1 saturated heterocycles. The van der Waals surface area contributed by atoms with Crippen molar-refractivity contribution in [3.05, 3.63) is 65.2 Å². The number of hydrogen-bond donors (Lipinski definition) is 1. The fourth-order valence-electron chi connectivity index (χ4n) is 3.31. The second kappa shape index (κ2) is 8.04. The van der Waals surface area contributed by atoms with Crippen molar-refractivity contribution in [3.8, 4) is 5.75 Å². The van der Waals surface area contributed by atoms with Crippen LogP contribution in [0.15, 0.2) is 48.5 Å². The summed E-state index contributed by atoms with van der Waals surface area (Å²) in [6.07, 6.45) is 0.270. The van der Waals surface area contributed by atoms with Crippen LogP contribution in [0.1, 0.15) is 40.9 Å². The number of carbonyl (C=O) groups is 2. The highest BCUT2D eigenvalue weighted by Gasteiger charge is 2.30. The van der Waals surface area contributed by atoms with Crippen molar-refractivity contribution in [2.75, 3.05) is 19.7 Å². The van der Waals surface area contributed by atoms with Crippen LogP contribution in [0.2, 0.25) is 0 Å². The Kier molecular flexibility index (Phi) is 5.56. The Hall–Kier alpha value is -2.82. The van der Waals surface area contributed by atoms with E-state index in [2.05, 4.69) is 5.32 Å². The van der Waals surface area contributed by atoms with E-state index in [1.54, 1.807) is 11.0 Å². The Morgan fingerprint density at radius 3 is 2.69 bits per heavy atom. The smallest absolute Gasteiger partial charge is 0.254 e. The van der Waals surface area contributed by atoms with Gasteiger partial charge in [-0.3, -0.25) is 9.59 Å². The number of carbonyl (C=O) groups excluding carboxylic acids is 2. The lowest BCUT2D eigenvalue weighted by molar-refractivity contribution is -0.121. The molecule has 2 aromatic carbocycles. The van der Waals surface area contributed by atoms with Gasteiger partial charge in [-0.2, -0.15) is 0 Å². The highest BCUT2D eigenvalue weighted by Crippen LogP contribution is 2.28. The van der Waals surface area contributed by atoms with Gasteiger partial charge in [0.1, 0.15) is 5.75 Å². The van der Waals surface area contributed by atoms with Crippen LogP contribution in [-0.4, -0.2) is 36.4 Å². The highest BCUT2D eigenvalue weighted by atomic mass is 16.5. The summed E-state index contributed by atoms with van der Waals surface area (Å²) in [4.78, 5) is 27.1. The molecule has 1 fully saturated rings. The Labute approximate surface area is 154 Å². The molecule has 1 aliphatic rings. The SMILES string of the molecule is CCOc1ccc(C(=O)N2CCNC(=O)CC2c2ccccc2)cc1C. The van der Waals surface area contributed by atoms with Crippen LogP contribution in [0.5, 0.6) is 5.75 Å². The number of nitrogens with zero attached hydrogens (tertiary/aromatic N) is 1. The van der Waals surface area contributed by atoms with Gasteiger partial charge in [0.05, 0.1) is 19.1 Å². The summed E-state index contributed by atoms with van der Waals surface area (Å²) in [6, 6.07) is 15.0. The van der Waals surface area contributed by atoms with E-state index in [1.165, 1.54) is 0 Å². The minimum atomic E-state index is -0.266. The second-order valence-electron chi connectivity index (χ2n) is 6.39. The predicted octanol–water partition coefficient (Wildman–Crippen LogP) is 3.10. The highest BCUT2D eigenvalue weighted by molar-refractivity contribution is 5.95. The van der Waals surface area contributed by atoms with Crippen LogP contribution >= 0.6 is 0 Å². The van der Waals surface area contributed by atoms with Crippen molar-refractivity contribution in [2.45, 2.75) is 26.3 Å². The first kappa shape index (κ1) is 18.0. The molecule has 5 nitrogen and oxygen atoms in total. The van der Waals surface area contributed by atoms with Crippen LogP contribution in [0.25, 0.3) is 0 Å². The molecule has 1 aliphatic heterocycles. The molecule has 1 heterocycles. The van der Waals surface area contributed by atoms with E-state index in [4.69, 9.17) is 4.74 Å². The maximum atomic E-state index is 13.2. The van der Waals surface area contributed by atoms with Gasteiger partial charge < -0.3 is 15.0 Å². The number of rotatable bonds is 4. The zero-order valence-corrected chi connectivity index (χ0v) is 15.2. The number of nitrogens with one attached hydrogen (secondary N) is 1. The summed E-state index contributed by atoms with van der Waals surface area (Å²) in [7, 11) is 0. The average Bonchev–Trinajstić information content (AvgIpc) is 2.85. The predicted molar refractivity (Wildman–Crippen MR) is 100 cm³/mol. The largest absolute Gasteiger partial charge is 0.494 e. The number of amides is 2. The maximum absolute atomic E-state index is 13.2. The Balaban J connectivity index is 1.92. The van der Waals surface area contributed by atoms with E-state index in [1.807, 2.05) is 56.3 Å². The summed E-state index contributed by atoms with van der Waals surface area (Å²) >= 11 is 0. The number of benzene rings is 2. The van der Waals surface area contributed by atoms with Crippen LogP contribution < -0.4 is 10.1 Å². The van der Waals surface area contributed by atoms with Crippen molar-refractivity contribution in [1.29, 1.82) is 0 Å². The number of aryl methyl sites for hydroxylation is 1. The van der Waals surface area contributed by atoms with Gasteiger partial charge in [0.2, 0.25) is 5.91 Å². The molecule has 26 heavy (non-hydrogen) atoms. The second-order valence-corrected chi connectivity index (χ2v) is 6.39. The zero-order valence-electron chi connectivity index (χ0n) is 15.2. The Morgan fingerprint density at radius 2 is 2.00 bits per heavy atom. The molecule has 0 radical (unpaired) electrons. The normalized spacial score (nSPS) is 17.4. The summed E-state index contributed by atoms with van der Waals surface area (Å²) < 4.78 is 5.56. The van der Waals surface area contributed by atoms with Crippen molar-refractivity contribution in [2.24, 2.45) is 0 Å². The van der Waals surface area contributed by atoms with E-state index in [0.717, 1.165) is 16.9 Å². The monoisotopic (exact) mass is 352 g/mol. The third-order valence-electron chi connectivity index (χ3n) is 4.60. The standard InChI is InChI=1S/C21H24N2O3/c1-3-26-19-10-9-17(13-15(19)2)21(25)23-12-11-22-20(24)14-18(23)16-7-5-4-6-8-16/h4-10,13,18H,3,11-12,14H2,1-2H3,(H,22,24). The van der Waals surface area contributed by atoms with E-state index in [-0.39, 0.29) is 24.3 Å². The maximum Gasteiger partial charge on any atom is 0.254 e. The average molecular weight is 352 g/mol. The summed E-state index contributed by atoms with van der Waals surface area (Å²) in [5.74, 6) is 0.690. The first-order valence-corrected chi connectivity index (χ1v) is 8.96. The molecule has 3 rings (SSSR count). The van der Waals surface area contributed by atoms with Crippen molar-refractivity contribution >= 4 is 11.8 Å².